The largest absolute Gasteiger partial charge is 0.477 e. The number of para-hydroxylation sites is 1. The van der Waals surface area contributed by atoms with Crippen LogP contribution in [0, 0.1) is 18.6 Å². The second-order valence-corrected chi connectivity index (χ2v) is 8.83. The number of ether oxygens (including phenoxy) is 1. The number of aromatic nitrogens is 4. The van der Waals surface area contributed by atoms with Crippen molar-refractivity contribution in [2.45, 2.75) is 25.8 Å². The van der Waals surface area contributed by atoms with Gasteiger partial charge in [0.1, 0.15) is 17.5 Å². The molecule has 2 aromatic carbocycles. The second kappa shape index (κ2) is 10.3. The predicted molar refractivity (Wildman–Crippen MR) is 135 cm³/mol. The Bertz CT molecular complexity index is 1360. The van der Waals surface area contributed by atoms with Crippen LogP contribution >= 0.6 is 0 Å². The zero-order chi connectivity index (χ0) is 25.9. The van der Waals surface area contributed by atoms with Crippen LogP contribution in [-0.2, 0) is 0 Å². The molecule has 0 aliphatic carbocycles. The van der Waals surface area contributed by atoms with Crippen LogP contribution in [0.25, 0.3) is 5.69 Å². The van der Waals surface area contributed by atoms with Gasteiger partial charge in [-0.25, -0.2) is 18.3 Å². The number of rotatable bonds is 7. The van der Waals surface area contributed by atoms with Crippen LogP contribution in [0.3, 0.4) is 0 Å². The van der Waals surface area contributed by atoms with E-state index in [4.69, 9.17) is 4.74 Å². The Labute approximate surface area is 212 Å². The van der Waals surface area contributed by atoms with E-state index in [-0.39, 0.29) is 5.92 Å². The molecule has 9 nitrogen and oxygen atoms in total. The van der Waals surface area contributed by atoms with Gasteiger partial charge in [0, 0.05) is 31.3 Å². The molecule has 2 atom stereocenters. The van der Waals surface area contributed by atoms with Gasteiger partial charge in [0.15, 0.2) is 0 Å². The SMILES string of the molecule is CCOc1nn(-c2ccccc2)c(NC(=O)N[C@@H]2CN(c3cn[nH]c3)C[C@H]2c2cc(F)cc(F)c2)c1C. The Morgan fingerprint density at radius 2 is 1.89 bits per heavy atom. The van der Waals surface area contributed by atoms with Gasteiger partial charge in [-0.1, -0.05) is 18.2 Å². The van der Waals surface area contributed by atoms with E-state index in [2.05, 4.69) is 25.9 Å². The van der Waals surface area contributed by atoms with Crippen molar-refractivity contribution in [3.63, 3.8) is 0 Å². The summed E-state index contributed by atoms with van der Waals surface area (Å²) in [6, 6.07) is 11.9. The van der Waals surface area contributed by atoms with Crippen molar-refractivity contribution in [1.82, 2.24) is 25.3 Å². The number of carbonyl (C=O) groups excluding carboxylic acids is 1. The summed E-state index contributed by atoms with van der Waals surface area (Å²) in [6.45, 7) is 4.99. The van der Waals surface area contributed by atoms with Gasteiger partial charge in [0.25, 0.3) is 0 Å². The van der Waals surface area contributed by atoms with Crippen LogP contribution in [0.5, 0.6) is 5.88 Å². The Morgan fingerprint density at radius 1 is 1.14 bits per heavy atom. The third kappa shape index (κ3) is 5.11. The number of urea groups is 1. The molecular formula is C26H27F2N7O2. The van der Waals surface area contributed by atoms with E-state index in [0.29, 0.717) is 42.5 Å². The molecule has 11 heteroatoms. The lowest BCUT2D eigenvalue weighted by Gasteiger charge is -2.21. The number of halogens is 2. The molecule has 0 radical (unpaired) electrons. The molecule has 3 N–H and O–H groups in total. The number of hydrogen-bond acceptors (Lipinski definition) is 5. The fourth-order valence-corrected chi connectivity index (χ4v) is 4.67. The van der Waals surface area contributed by atoms with E-state index in [0.717, 1.165) is 17.4 Å². The van der Waals surface area contributed by atoms with E-state index in [9.17, 15) is 13.6 Å². The lowest BCUT2D eigenvalue weighted by Crippen LogP contribution is -2.42. The molecule has 2 amide bonds. The van der Waals surface area contributed by atoms with E-state index in [1.165, 1.54) is 12.1 Å². The van der Waals surface area contributed by atoms with Crippen LogP contribution in [0.2, 0.25) is 0 Å². The third-order valence-corrected chi connectivity index (χ3v) is 6.39. The summed E-state index contributed by atoms with van der Waals surface area (Å²) in [7, 11) is 0. The lowest BCUT2D eigenvalue weighted by atomic mass is 9.94. The average molecular weight is 508 g/mol. The average Bonchev–Trinajstić information content (AvgIpc) is 3.61. The minimum Gasteiger partial charge on any atom is -0.477 e. The molecule has 0 saturated carbocycles. The minimum atomic E-state index is -0.661. The first kappa shape index (κ1) is 24.3. The summed E-state index contributed by atoms with van der Waals surface area (Å²) in [5, 5.41) is 17.2. The van der Waals surface area contributed by atoms with Gasteiger partial charge in [-0.15, -0.1) is 5.10 Å². The van der Waals surface area contributed by atoms with Crippen LogP contribution in [0.15, 0.2) is 60.9 Å². The molecule has 1 aliphatic heterocycles. The highest BCUT2D eigenvalue weighted by molar-refractivity contribution is 5.90. The zero-order valence-electron chi connectivity index (χ0n) is 20.4. The molecule has 5 rings (SSSR count). The van der Waals surface area contributed by atoms with Crippen molar-refractivity contribution >= 4 is 17.5 Å². The fraction of sp³-hybridized carbons (Fsp3) is 0.269. The molecule has 1 fully saturated rings. The highest BCUT2D eigenvalue weighted by atomic mass is 19.1. The van der Waals surface area contributed by atoms with Crippen molar-refractivity contribution in [3.8, 4) is 11.6 Å². The summed E-state index contributed by atoms with van der Waals surface area (Å²) >= 11 is 0. The summed E-state index contributed by atoms with van der Waals surface area (Å²) in [6.07, 6.45) is 3.41. The summed E-state index contributed by atoms with van der Waals surface area (Å²) < 4.78 is 35.4. The summed E-state index contributed by atoms with van der Waals surface area (Å²) in [4.78, 5) is 15.3. The van der Waals surface area contributed by atoms with Crippen molar-refractivity contribution in [3.05, 3.63) is 83.7 Å². The number of hydrogen-bond donors (Lipinski definition) is 3. The maximum atomic E-state index is 14.1. The van der Waals surface area contributed by atoms with Gasteiger partial charge in [0.05, 0.1) is 35.8 Å². The first-order valence-corrected chi connectivity index (χ1v) is 12.0. The molecule has 3 heterocycles. The quantitative estimate of drug-likeness (QED) is 0.345. The monoisotopic (exact) mass is 507 g/mol. The molecule has 192 valence electrons. The Morgan fingerprint density at radius 3 is 2.57 bits per heavy atom. The smallest absolute Gasteiger partial charge is 0.320 e. The molecule has 0 spiro atoms. The highest BCUT2D eigenvalue weighted by Gasteiger charge is 2.36. The predicted octanol–water partition coefficient (Wildman–Crippen LogP) is 4.37. The molecular weight excluding hydrogens is 480 g/mol. The number of benzene rings is 2. The van der Waals surface area contributed by atoms with Crippen LogP contribution in [-0.4, -0.2) is 51.7 Å². The van der Waals surface area contributed by atoms with Crippen LogP contribution < -0.4 is 20.3 Å². The minimum absolute atomic E-state index is 0.357. The van der Waals surface area contributed by atoms with Crippen LogP contribution in [0.1, 0.15) is 24.0 Å². The fourth-order valence-electron chi connectivity index (χ4n) is 4.67. The van der Waals surface area contributed by atoms with Crippen molar-refractivity contribution in [2.24, 2.45) is 0 Å². The molecule has 4 aromatic rings. The van der Waals surface area contributed by atoms with E-state index >= 15 is 0 Å². The topological polar surface area (TPSA) is 100 Å². The number of carbonyl (C=O) groups is 1. The standard InChI is InChI=1S/C26H27F2N7O2/c1-3-37-25-16(2)24(35(33-25)20-7-5-4-6-8-20)32-26(36)31-23-15-34(21-12-29-30-13-21)14-22(23)17-9-18(27)11-19(28)10-17/h4-13,22-23H,3,14-15H2,1-2H3,(H,29,30)(H2,31,32,36)/t22-,23+/m0/s1. The molecule has 0 bridgehead atoms. The Kier molecular flexibility index (Phi) is 6.76. The van der Waals surface area contributed by atoms with Crippen molar-refractivity contribution in [2.75, 3.05) is 29.9 Å². The van der Waals surface area contributed by atoms with Gasteiger partial charge in [-0.05, 0) is 43.7 Å². The van der Waals surface area contributed by atoms with Gasteiger partial charge in [0.2, 0.25) is 5.88 Å². The molecule has 0 unspecified atom stereocenters. The normalized spacial score (nSPS) is 17.1. The molecule has 1 saturated heterocycles. The number of nitrogens with one attached hydrogen (secondary N) is 3. The van der Waals surface area contributed by atoms with Crippen molar-refractivity contribution < 1.29 is 18.3 Å². The van der Waals surface area contributed by atoms with Gasteiger partial charge in [-0.3, -0.25) is 10.4 Å². The number of amides is 2. The van der Waals surface area contributed by atoms with E-state index in [1.807, 2.05) is 49.1 Å². The zero-order valence-corrected chi connectivity index (χ0v) is 20.4. The Hall–Kier alpha value is -4.41. The number of anilines is 2. The maximum Gasteiger partial charge on any atom is 0.320 e. The lowest BCUT2D eigenvalue weighted by molar-refractivity contribution is 0.248. The third-order valence-electron chi connectivity index (χ3n) is 6.39. The number of H-pyrrole nitrogens is 1. The first-order valence-electron chi connectivity index (χ1n) is 12.0. The van der Waals surface area contributed by atoms with Crippen molar-refractivity contribution in [1.29, 1.82) is 0 Å². The first-order chi connectivity index (χ1) is 17.9. The Balaban J connectivity index is 1.41. The highest BCUT2D eigenvalue weighted by Crippen LogP contribution is 2.32. The second-order valence-electron chi connectivity index (χ2n) is 8.83. The maximum absolute atomic E-state index is 14.1. The van der Waals surface area contributed by atoms with Gasteiger partial charge in [-0.2, -0.15) is 5.10 Å². The molecule has 37 heavy (non-hydrogen) atoms. The molecule has 1 aliphatic rings. The number of nitrogens with zero attached hydrogens (tertiary/aromatic N) is 4. The summed E-state index contributed by atoms with van der Waals surface area (Å²) in [5.74, 6) is -0.798. The van der Waals surface area contributed by atoms with Crippen LogP contribution in [0.4, 0.5) is 25.1 Å². The number of aromatic amines is 1. The van der Waals surface area contributed by atoms with Gasteiger partial charge < -0.3 is 15.0 Å². The molecule has 2 aromatic heterocycles. The van der Waals surface area contributed by atoms with Gasteiger partial charge >= 0.3 is 6.03 Å². The van der Waals surface area contributed by atoms with E-state index < -0.39 is 23.7 Å². The van der Waals surface area contributed by atoms with E-state index in [1.54, 1.807) is 17.1 Å². The summed E-state index contributed by atoms with van der Waals surface area (Å²) in [5.41, 5.74) is 2.73.